The molecule has 1 aliphatic heterocycles. The summed E-state index contributed by atoms with van der Waals surface area (Å²) in [6.07, 6.45) is 1.30. The van der Waals surface area contributed by atoms with E-state index in [2.05, 4.69) is 36.7 Å². The van der Waals surface area contributed by atoms with Crippen molar-refractivity contribution >= 4 is 0 Å². The minimum atomic E-state index is 0.631. The fraction of sp³-hybridized carbons (Fsp3) is 0.636. The summed E-state index contributed by atoms with van der Waals surface area (Å²) >= 11 is 0. The first-order chi connectivity index (χ1) is 6.24. The molecule has 0 bridgehead atoms. The van der Waals surface area contributed by atoms with Crippen LogP contribution in [0.1, 0.15) is 36.3 Å². The van der Waals surface area contributed by atoms with E-state index in [4.69, 9.17) is 0 Å². The van der Waals surface area contributed by atoms with Crippen molar-refractivity contribution in [2.24, 2.45) is 0 Å². The van der Waals surface area contributed by atoms with Gasteiger partial charge in [0.05, 0.1) is 0 Å². The molecular formula is C11H18N2. The normalized spacial score (nSPS) is 21.6. The van der Waals surface area contributed by atoms with Gasteiger partial charge in [0.15, 0.2) is 0 Å². The van der Waals surface area contributed by atoms with Gasteiger partial charge in [-0.2, -0.15) is 0 Å². The van der Waals surface area contributed by atoms with Crippen LogP contribution in [0.2, 0.25) is 0 Å². The molecule has 13 heavy (non-hydrogen) atoms. The second-order valence-corrected chi connectivity index (χ2v) is 3.87. The van der Waals surface area contributed by atoms with E-state index in [0.717, 1.165) is 6.54 Å². The lowest BCUT2D eigenvalue weighted by atomic mass is 9.98. The molecule has 2 nitrogen and oxygen atoms in total. The summed E-state index contributed by atoms with van der Waals surface area (Å²) in [4.78, 5) is 0. The third-order valence-electron chi connectivity index (χ3n) is 3.13. The molecule has 0 amide bonds. The van der Waals surface area contributed by atoms with E-state index in [0.29, 0.717) is 6.04 Å². The molecule has 2 heterocycles. The zero-order chi connectivity index (χ0) is 9.42. The van der Waals surface area contributed by atoms with Crippen molar-refractivity contribution in [3.05, 3.63) is 23.0 Å². The maximum absolute atomic E-state index is 3.45. The van der Waals surface area contributed by atoms with Crippen LogP contribution in [0.15, 0.2) is 6.07 Å². The molecule has 1 fully saturated rings. The average molecular weight is 178 g/mol. The molecule has 0 aliphatic carbocycles. The van der Waals surface area contributed by atoms with Gasteiger partial charge in [-0.1, -0.05) is 0 Å². The number of nitrogens with zero attached hydrogens (tertiary/aromatic N) is 1. The standard InChI is InChI=1S/C11H18N2/c1-4-13-8(2)7-10(9(13)3)11-5-6-12-11/h7,11-12H,4-6H2,1-3H3/t11-/m0/s1. The first-order valence-corrected chi connectivity index (χ1v) is 5.14. The summed E-state index contributed by atoms with van der Waals surface area (Å²) in [6.45, 7) is 8.90. The number of rotatable bonds is 2. The van der Waals surface area contributed by atoms with Crippen LogP contribution in [0.4, 0.5) is 0 Å². The summed E-state index contributed by atoms with van der Waals surface area (Å²) in [7, 11) is 0. The summed E-state index contributed by atoms with van der Waals surface area (Å²) in [6, 6.07) is 2.96. The lowest BCUT2D eigenvalue weighted by Gasteiger charge is -2.28. The summed E-state index contributed by atoms with van der Waals surface area (Å²) in [5.41, 5.74) is 4.34. The molecule has 72 valence electrons. The van der Waals surface area contributed by atoms with E-state index in [-0.39, 0.29) is 0 Å². The molecule has 1 aromatic heterocycles. The van der Waals surface area contributed by atoms with Crippen molar-refractivity contribution in [3.63, 3.8) is 0 Å². The van der Waals surface area contributed by atoms with Crippen molar-refractivity contribution in [2.45, 2.75) is 39.8 Å². The van der Waals surface area contributed by atoms with Crippen LogP contribution in [-0.2, 0) is 6.54 Å². The minimum Gasteiger partial charge on any atom is -0.349 e. The van der Waals surface area contributed by atoms with Crippen LogP contribution < -0.4 is 5.32 Å². The highest BCUT2D eigenvalue weighted by Gasteiger charge is 2.22. The molecule has 0 unspecified atom stereocenters. The van der Waals surface area contributed by atoms with Gasteiger partial charge in [0, 0.05) is 24.0 Å². The van der Waals surface area contributed by atoms with Crippen molar-refractivity contribution in [1.29, 1.82) is 0 Å². The fourth-order valence-electron chi connectivity index (χ4n) is 2.22. The van der Waals surface area contributed by atoms with E-state index in [9.17, 15) is 0 Å². The number of hydrogen-bond acceptors (Lipinski definition) is 1. The molecule has 1 saturated heterocycles. The Morgan fingerprint density at radius 1 is 1.54 bits per heavy atom. The highest BCUT2D eigenvalue weighted by molar-refractivity contribution is 5.30. The highest BCUT2D eigenvalue weighted by Crippen LogP contribution is 2.28. The van der Waals surface area contributed by atoms with Crippen LogP contribution in [-0.4, -0.2) is 11.1 Å². The molecule has 1 N–H and O–H groups in total. The van der Waals surface area contributed by atoms with Crippen LogP contribution in [0.5, 0.6) is 0 Å². The Balaban J connectivity index is 2.35. The van der Waals surface area contributed by atoms with Gasteiger partial charge >= 0.3 is 0 Å². The smallest absolute Gasteiger partial charge is 0.0350 e. The predicted molar refractivity (Wildman–Crippen MR) is 54.9 cm³/mol. The Hall–Kier alpha value is -0.760. The Kier molecular flexibility index (Phi) is 2.16. The van der Waals surface area contributed by atoms with E-state index in [1.165, 1.54) is 29.9 Å². The SMILES string of the molecule is CCn1c(C)cc([C@@H]2CCN2)c1C. The zero-order valence-corrected chi connectivity index (χ0v) is 8.72. The van der Waals surface area contributed by atoms with Crippen molar-refractivity contribution in [3.8, 4) is 0 Å². The Morgan fingerprint density at radius 3 is 2.62 bits per heavy atom. The molecule has 1 aliphatic rings. The highest BCUT2D eigenvalue weighted by atomic mass is 15.0. The first kappa shape index (κ1) is 8.82. The number of aryl methyl sites for hydroxylation is 1. The summed E-state index contributed by atoms with van der Waals surface area (Å²) in [5.74, 6) is 0. The second-order valence-electron chi connectivity index (χ2n) is 3.87. The van der Waals surface area contributed by atoms with Crippen molar-refractivity contribution < 1.29 is 0 Å². The van der Waals surface area contributed by atoms with Crippen molar-refractivity contribution in [1.82, 2.24) is 9.88 Å². The van der Waals surface area contributed by atoms with Crippen LogP contribution in [0, 0.1) is 13.8 Å². The van der Waals surface area contributed by atoms with E-state index in [1.807, 2.05) is 0 Å². The van der Waals surface area contributed by atoms with Crippen LogP contribution in [0.25, 0.3) is 0 Å². The van der Waals surface area contributed by atoms with Gasteiger partial charge in [0.25, 0.3) is 0 Å². The van der Waals surface area contributed by atoms with Gasteiger partial charge in [0.2, 0.25) is 0 Å². The van der Waals surface area contributed by atoms with E-state index < -0.39 is 0 Å². The van der Waals surface area contributed by atoms with E-state index in [1.54, 1.807) is 0 Å². The Bertz CT molecular complexity index is 308. The fourth-order valence-corrected chi connectivity index (χ4v) is 2.22. The van der Waals surface area contributed by atoms with Gasteiger partial charge in [-0.05, 0) is 45.4 Å². The molecule has 0 radical (unpaired) electrons. The summed E-state index contributed by atoms with van der Waals surface area (Å²) in [5, 5.41) is 3.45. The molecular weight excluding hydrogens is 160 g/mol. The molecule has 0 spiro atoms. The first-order valence-electron chi connectivity index (χ1n) is 5.14. The molecule has 1 aromatic rings. The third-order valence-corrected chi connectivity index (χ3v) is 3.13. The summed E-state index contributed by atoms with van der Waals surface area (Å²) < 4.78 is 2.38. The largest absolute Gasteiger partial charge is 0.349 e. The van der Waals surface area contributed by atoms with Crippen LogP contribution in [0.3, 0.4) is 0 Å². The third kappa shape index (κ3) is 1.29. The quantitative estimate of drug-likeness (QED) is 0.734. The second kappa shape index (κ2) is 3.18. The monoisotopic (exact) mass is 178 g/mol. The molecule has 2 rings (SSSR count). The zero-order valence-electron chi connectivity index (χ0n) is 8.72. The van der Waals surface area contributed by atoms with Crippen LogP contribution >= 0.6 is 0 Å². The van der Waals surface area contributed by atoms with Gasteiger partial charge in [-0.15, -0.1) is 0 Å². The molecule has 0 aromatic carbocycles. The van der Waals surface area contributed by atoms with Gasteiger partial charge < -0.3 is 9.88 Å². The Morgan fingerprint density at radius 2 is 2.23 bits per heavy atom. The topological polar surface area (TPSA) is 17.0 Å². The number of nitrogens with one attached hydrogen (secondary N) is 1. The number of aromatic nitrogens is 1. The lowest BCUT2D eigenvalue weighted by Crippen LogP contribution is -2.35. The average Bonchev–Trinajstić information content (AvgIpc) is 2.25. The molecule has 2 heteroatoms. The maximum atomic E-state index is 3.45. The molecule has 1 atom stereocenters. The van der Waals surface area contributed by atoms with Gasteiger partial charge in [-0.3, -0.25) is 0 Å². The Labute approximate surface area is 79.9 Å². The predicted octanol–water partition coefficient (Wildman–Crippen LogP) is 2.16. The molecule has 0 saturated carbocycles. The van der Waals surface area contributed by atoms with Crippen molar-refractivity contribution in [2.75, 3.05) is 6.54 Å². The van der Waals surface area contributed by atoms with Gasteiger partial charge in [0.1, 0.15) is 0 Å². The van der Waals surface area contributed by atoms with Gasteiger partial charge in [-0.25, -0.2) is 0 Å². The lowest BCUT2D eigenvalue weighted by molar-refractivity contribution is 0.381. The van der Waals surface area contributed by atoms with E-state index >= 15 is 0 Å². The number of hydrogen-bond donors (Lipinski definition) is 1. The maximum Gasteiger partial charge on any atom is 0.0350 e. The minimum absolute atomic E-state index is 0.631.